The molecule has 1 fully saturated rings. The van der Waals surface area contributed by atoms with E-state index in [2.05, 4.69) is 0 Å². The molecule has 1 aromatic carbocycles. The van der Waals surface area contributed by atoms with Crippen LogP contribution >= 0.6 is 0 Å². The third kappa shape index (κ3) is 4.57. The van der Waals surface area contributed by atoms with Crippen molar-refractivity contribution in [3.05, 3.63) is 29.3 Å². The van der Waals surface area contributed by atoms with Gasteiger partial charge < -0.3 is 14.2 Å². The molecule has 0 radical (unpaired) electrons. The first-order valence-electron chi connectivity index (χ1n) is 8.36. The van der Waals surface area contributed by atoms with E-state index < -0.39 is 5.60 Å². The molecule has 0 bridgehead atoms. The van der Waals surface area contributed by atoms with Crippen LogP contribution in [-0.4, -0.2) is 25.2 Å². The van der Waals surface area contributed by atoms with Crippen LogP contribution in [0.4, 0.5) is 0 Å². The Morgan fingerprint density at radius 2 is 1.92 bits per heavy atom. The number of epoxide rings is 1. The summed E-state index contributed by atoms with van der Waals surface area (Å²) in [7, 11) is 0. The fourth-order valence-electron chi connectivity index (χ4n) is 2.31. The predicted molar refractivity (Wildman–Crippen MR) is 89.7 cm³/mol. The maximum Gasteiger partial charge on any atom is 0.313 e. The lowest BCUT2D eigenvalue weighted by atomic mass is 9.98. The molecule has 0 unspecified atom stereocenters. The quantitative estimate of drug-likeness (QED) is 0.434. The van der Waals surface area contributed by atoms with Gasteiger partial charge in [0.25, 0.3) is 0 Å². The van der Waals surface area contributed by atoms with Crippen LogP contribution in [0.2, 0.25) is 0 Å². The smallest absolute Gasteiger partial charge is 0.313 e. The molecule has 0 N–H and O–H groups in total. The van der Waals surface area contributed by atoms with Gasteiger partial charge in [-0.1, -0.05) is 39.8 Å². The SMILES string of the molecule is Cc1ccc([C@]2(COC(=O)CC(C)C)CO2)c(OC(=O)C(C)C)c1. The highest BCUT2D eigenvalue weighted by atomic mass is 16.6. The molecular formula is C19H26O5. The van der Waals surface area contributed by atoms with Crippen molar-refractivity contribution >= 4 is 11.9 Å². The van der Waals surface area contributed by atoms with Crippen molar-refractivity contribution in [1.29, 1.82) is 0 Å². The van der Waals surface area contributed by atoms with Gasteiger partial charge in [0.15, 0.2) is 5.60 Å². The second-order valence-electron chi connectivity index (χ2n) is 7.12. The van der Waals surface area contributed by atoms with E-state index >= 15 is 0 Å². The average Bonchev–Trinajstić information content (AvgIpc) is 3.25. The average molecular weight is 334 g/mol. The molecule has 1 saturated heterocycles. The Morgan fingerprint density at radius 3 is 2.46 bits per heavy atom. The van der Waals surface area contributed by atoms with E-state index in [0.29, 0.717) is 18.8 Å². The summed E-state index contributed by atoms with van der Waals surface area (Å²) in [5, 5.41) is 0. The second-order valence-corrected chi connectivity index (χ2v) is 7.12. The molecule has 0 aromatic heterocycles. The van der Waals surface area contributed by atoms with E-state index in [1.165, 1.54) is 0 Å². The second kappa shape index (κ2) is 7.34. The zero-order valence-electron chi connectivity index (χ0n) is 15.0. The standard InChI is InChI=1S/C19H26O5/c1-12(2)8-17(20)22-10-19(11-23-19)15-7-6-14(5)9-16(15)24-18(21)13(3)4/h6-7,9,12-13H,8,10-11H2,1-5H3/t19-/m0/s1. The Kier molecular flexibility index (Phi) is 5.65. The number of aryl methyl sites for hydroxylation is 1. The van der Waals surface area contributed by atoms with Crippen molar-refractivity contribution in [1.82, 2.24) is 0 Å². The van der Waals surface area contributed by atoms with E-state index in [0.717, 1.165) is 11.1 Å². The minimum Gasteiger partial charge on any atom is -0.462 e. The van der Waals surface area contributed by atoms with E-state index in [1.54, 1.807) is 13.8 Å². The minimum absolute atomic E-state index is 0.133. The van der Waals surface area contributed by atoms with Gasteiger partial charge in [0, 0.05) is 12.0 Å². The molecule has 1 atom stereocenters. The first-order chi connectivity index (χ1) is 11.2. The Labute approximate surface area is 143 Å². The van der Waals surface area contributed by atoms with E-state index in [4.69, 9.17) is 14.2 Å². The summed E-state index contributed by atoms with van der Waals surface area (Å²) < 4.78 is 16.5. The fraction of sp³-hybridized carbons (Fsp3) is 0.579. The van der Waals surface area contributed by atoms with Crippen LogP contribution in [0.3, 0.4) is 0 Å². The molecule has 2 rings (SSSR count). The van der Waals surface area contributed by atoms with Gasteiger partial charge in [-0.05, 0) is 24.5 Å². The van der Waals surface area contributed by atoms with Gasteiger partial charge in [0.1, 0.15) is 12.4 Å². The van der Waals surface area contributed by atoms with Crippen LogP contribution in [0.5, 0.6) is 5.75 Å². The molecule has 5 heteroatoms. The summed E-state index contributed by atoms with van der Waals surface area (Å²) in [5.41, 5.74) is 1.03. The van der Waals surface area contributed by atoms with Crippen LogP contribution in [0.1, 0.15) is 45.2 Å². The number of rotatable bonds is 7. The number of ether oxygens (including phenoxy) is 3. The van der Waals surface area contributed by atoms with Gasteiger partial charge in [-0.3, -0.25) is 9.59 Å². The molecule has 5 nitrogen and oxygen atoms in total. The van der Waals surface area contributed by atoms with Gasteiger partial charge >= 0.3 is 11.9 Å². The first-order valence-corrected chi connectivity index (χ1v) is 8.36. The largest absolute Gasteiger partial charge is 0.462 e. The predicted octanol–water partition coefficient (Wildman–Crippen LogP) is 3.37. The number of esters is 2. The number of hydrogen-bond acceptors (Lipinski definition) is 5. The monoisotopic (exact) mass is 334 g/mol. The van der Waals surface area contributed by atoms with Crippen molar-refractivity contribution in [2.45, 2.75) is 46.6 Å². The first kappa shape index (κ1) is 18.5. The van der Waals surface area contributed by atoms with Crippen molar-refractivity contribution in [2.75, 3.05) is 13.2 Å². The highest BCUT2D eigenvalue weighted by Crippen LogP contribution is 2.44. The van der Waals surface area contributed by atoms with Crippen molar-refractivity contribution in [3.63, 3.8) is 0 Å². The fourth-order valence-corrected chi connectivity index (χ4v) is 2.31. The summed E-state index contributed by atoms with van der Waals surface area (Å²) in [6.07, 6.45) is 0.374. The Hall–Kier alpha value is -1.88. The van der Waals surface area contributed by atoms with Crippen LogP contribution in [0.25, 0.3) is 0 Å². The summed E-state index contributed by atoms with van der Waals surface area (Å²) in [6, 6.07) is 5.62. The lowest BCUT2D eigenvalue weighted by molar-refractivity contribution is -0.146. The minimum atomic E-state index is -0.701. The maximum atomic E-state index is 12.0. The number of carbonyl (C=O) groups is 2. The molecule has 24 heavy (non-hydrogen) atoms. The van der Waals surface area contributed by atoms with Crippen LogP contribution in [-0.2, 0) is 24.7 Å². The molecule has 1 heterocycles. The van der Waals surface area contributed by atoms with Crippen LogP contribution < -0.4 is 4.74 Å². The Bertz CT molecular complexity index is 614. The lowest BCUT2D eigenvalue weighted by Gasteiger charge is -2.18. The molecule has 132 valence electrons. The third-order valence-electron chi connectivity index (χ3n) is 3.84. The van der Waals surface area contributed by atoms with Crippen molar-refractivity contribution < 1.29 is 23.8 Å². The van der Waals surface area contributed by atoms with E-state index in [9.17, 15) is 9.59 Å². The topological polar surface area (TPSA) is 65.1 Å². The third-order valence-corrected chi connectivity index (χ3v) is 3.84. The van der Waals surface area contributed by atoms with Gasteiger partial charge in [0.05, 0.1) is 12.5 Å². The van der Waals surface area contributed by atoms with Gasteiger partial charge in [-0.25, -0.2) is 0 Å². The van der Waals surface area contributed by atoms with Crippen molar-refractivity contribution in [2.24, 2.45) is 11.8 Å². The zero-order valence-corrected chi connectivity index (χ0v) is 15.0. The highest BCUT2D eigenvalue weighted by Gasteiger charge is 2.50. The van der Waals surface area contributed by atoms with Gasteiger partial charge in [0.2, 0.25) is 0 Å². The molecule has 1 aromatic rings. The molecular weight excluding hydrogens is 308 g/mol. The molecule has 0 spiro atoms. The molecule has 1 aliphatic rings. The van der Waals surface area contributed by atoms with E-state index in [-0.39, 0.29) is 30.4 Å². The highest BCUT2D eigenvalue weighted by molar-refractivity contribution is 5.75. The molecule has 0 saturated carbocycles. The summed E-state index contributed by atoms with van der Waals surface area (Å²) >= 11 is 0. The normalized spacial score (nSPS) is 19.5. The molecule has 0 aliphatic carbocycles. The molecule has 1 aliphatic heterocycles. The van der Waals surface area contributed by atoms with Crippen molar-refractivity contribution in [3.8, 4) is 5.75 Å². The Balaban J connectivity index is 2.15. The Morgan fingerprint density at radius 1 is 1.25 bits per heavy atom. The molecule has 0 amide bonds. The zero-order chi connectivity index (χ0) is 17.9. The van der Waals surface area contributed by atoms with Crippen LogP contribution in [0.15, 0.2) is 18.2 Å². The van der Waals surface area contributed by atoms with Gasteiger partial charge in [-0.15, -0.1) is 0 Å². The summed E-state index contributed by atoms with van der Waals surface area (Å²) in [6.45, 7) is 10.0. The van der Waals surface area contributed by atoms with E-state index in [1.807, 2.05) is 39.0 Å². The van der Waals surface area contributed by atoms with Crippen LogP contribution in [0, 0.1) is 18.8 Å². The number of carbonyl (C=O) groups excluding carboxylic acids is 2. The number of benzene rings is 1. The summed E-state index contributed by atoms with van der Waals surface area (Å²) in [4.78, 5) is 23.8. The lowest BCUT2D eigenvalue weighted by Crippen LogP contribution is -2.23. The van der Waals surface area contributed by atoms with Gasteiger partial charge in [-0.2, -0.15) is 0 Å². The summed E-state index contributed by atoms with van der Waals surface area (Å²) in [5.74, 6) is -0.0397. The maximum absolute atomic E-state index is 12.0. The number of hydrogen-bond donors (Lipinski definition) is 0.